The monoisotopic (exact) mass is 629 g/mol. The van der Waals surface area contributed by atoms with E-state index in [-0.39, 0.29) is 35.5 Å². The second-order valence-electron chi connectivity index (χ2n) is 11.3. The van der Waals surface area contributed by atoms with Crippen molar-refractivity contribution in [1.82, 2.24) is 10.2 Å². The molecule has 0 aliphatic heterocycles. The molecule has 0 saturated heterocycles. The van der Waals surface area contributed by atoms with Crippen LogP contribution < -0.4 is 9.62 Å². The SMILES string of the molecule is CCC(C)NC(=O)C(Cc1ccccc1)N(Cc1cccc(C)c1)C(=O)CN(c1ccccc1F)S(=O)(=O)c1ccc(C)cc1. The molecule has 9 heteroatoms. The first-order valence-corrected chi connectivity index (χ1v) is 16.5. The van der Waals surface area contributed by atoms with E-state index in [0.29, 0.717) is 6.42 Å². The summed E-state index contributed by atoms with van der Waals surface area (Å²) in [6.07, 6.45) is 0.885. The highest BCUT2D eigenvalue weighted by Crippen LogP contribution is 2.27. The molecule has 0 aliphatic rings. The summed E-state index contributed by atoms with van der Waals surface area (Å²) >= 11 is 0. The Balaban J connectivity index is 1.82. The molecule has 0 aliphatic carbocycles. The van der Waals surface area contributed by atoms with Crippen molar-refractivity contribution in [2.24, 2.45) is 0 Å². The van der Waals surface area contributed by atoms with Gasteiger partial charge in [-0.1, -0.05) is 96.9 Å². The van der Waals surface area contributed by atoms with Crippen LogP contribution >= 0.6 is 0 Å². The summed E-state index contributed by atoms with van der Waals surface area (Å²) < 4.78 is 44.1. The fraction of sp³-hybridized carbons (Fsp3) is 0.278. The third-order valence-corrected chi connectivity index (χ3v) is 9.49. The number of halogens is 1. The van der Waals surface area contributed by atoms with Crippen molar-refractivity contribution in [3.63, 3.8) is 0 Å². The fourth-order valence-electron chi connectivity index (χ4n) is 5.01. The van der Waals surface area contributed by atoms with Crippen LogP contribution in [0.25, 0.3) is 0 Å². The van der Waals surface area contributed by atoms with Crippen molar-refractivity contribution in [1.29, 1.82) is 0 Å². The van der Waals surface area contributed by atoms with Gasteiger partial charge in [-0.25, -0.2) is 12.8 Å². The zero-order valence-corrected chi connectivity index (χ0v) is 26.9. The first-order valence-electron chi connectivity index (χ1n) is 15.0. The Morgan fingerprint density at radius 3 is 2.11 bits per heavy atom. The van der Waals surface area contributed by atoms with E-state index in [0.717, 1.165) is 32.6 Å². The van der Waals surface area contributed by atoms with Gasteiger partial charge in [-0.05, 0) is 62.6 Å². The van der Waals surface area contributed by atoms with Crippen LogP contribution in [0.15, 0.2) is 108 Å². The number of hydrogen-bond donors (Lipinski definition) is 1. The van der Waals surface area contributed by atoms with E-state index in [2.05, 4.69) is 5.32 Å². The molecule has 2 unspecified atom stereocenters. The highest BCUT2D eigenvalue weighted by atomic mass is 32.2. The van der Waals surface area contributed by atoms with E-state index in [1.807, 2.05) is 82.3 Å². The van der Waals surface area contributed by atoms with Crippen LogP contribution in [0, 0.1) is 19.7 Å². The lowest BCUT2D eigenvalue weighted by Crippen LogP contribution is -2.54. The summed E-state index contributed by atoms with van der Waals surface area (Å²) in [6, 6.07) is 27.4. The van der Waals surface area contributed by atoms with Gasteiger partial charge >= 0.3 is 0 Å². The van der Waals surface area contributed by atoms with Gasteiger partial charge < -0.3 is 10.2 Å². The fourth-order valence-corrected chi connectivity index (χ4v) is 6.43. The molecule has 1 N–H and O–H groups in total. The Morgan fingerprint density at radius 1 is 0.822 bits per heavy atom. The van der Waals surface area contributed by atoms with Gasteiger partial charge in [-0.2, -0.15) is 0 Å². The largest absolute Gasteiger partial charge is 0.352 e. The molecule has 7 nitrogen and oxygen atoms in total. The van der Waals surface area contributed by atoms with Crippen LogP contribution in [0.1, 0.15) is 42.5 Å². The van der Waals surface area contributed by atoms with Crippen molar-refractivity contribution in [2.45, 2.75) is 64.1 Å². The molecule has 236 valence electrons. The highest BCUT2D eigenvalue weighted by molar-refractivity contribution is 7.92. The Labute approximate surface area is 265 Å². The number of carbonyl (C=O) groups is 2. The van der Waals surface area contributed by atoms with E-state index in [4.69, 9.17) is 0 Å². The number of amides is 2. The Hall–Kier alpha value is -4.50. The second-order valence-corrected chi connectivity index (χ2v) is 13.2. The smallest absolute Gasteiger partial charge is 0.264 e. The number of anilines is 1. The van der Waals surface area contributed by atoms with Crippen molar-refractivity contribution in [2.75, 3.05) is 10.8 Å². The third kappa shape index (κ3) is 8.57. The summed E-state index contributed by atoms with van der Waals surface area (Å²) in [6.45, 7) is 6.93. The maximum absolute atomic E-state index is 15.3. The maximum atomic E-state index is 15.3. The minimum atomic E-state index is -4.38. The average molecular weight is 630 g/mol. The Bertz CT molecular complexity index is 1710. The van der Waals surface area contributed by atoms with Crippen molar-refractivity contribution >= 4 is 27.5 Å². The van der Waals surface area contributed by atoms with Crippen LogP contribution in [-0.4, -0.2) is 43.8 Å². The van der Waals surface area contributed by atoms with Crippen LogP contribution in [0.3, 0.4) is 0 Å². The molecule has 0 fully saturated rings. The van der Waals surface area contributed by atoms with Gasteiger partial charge in [0.1, 0.15) is 18.4 Å². The highest BCUT2D eigenvalue weighted by Gasteiger charge is 2.35. The minimum Gasteiger partial charge on any atom is -0.352 e. The van der Waals surface area contributed by atoms with Gasteiger partial charge in [0.25, 0.3) is 10.0 Å². The number of aryl methyl sites for hydroxylation is 2. The summed E-state index contributed by atoms with van der Waals surface area (Å²) in [5, 5.41) is 3.01. The molecule has 0 spiro atoms. The molecule has 4 aromatic rings. The van der Waals surface area contributed by atoms with E-state index in [9.17, 15) is 18.0 Å². The number of carbonyl (C=O) groups excluding carboxylic acids is 2. The number of nitrogens with zero attached hydrogens (tertiary/aromatic N) is 2. The number of benzene rings is 4. The van der Waals surface area contributed by atoms with Crippen molar-refractivity contribution in [3.05, 3.63) is 131 Å². The number of rotatable bonds is 13. The molecule has 2 atom stereocenters. The van der Waals surface area contributed by atoms with Gasteiger partial charge in [-0.3, -0.25) is 13.9 Å². The molecule has 0 heterocycles. The van der Waals surface area contributed by atoms with Crippen LogP contribution in [0.5, 0.6) is 0 Å². The molecule has 4 rings (SSSR count). The standard InChI is InChI=1S/C36H40FN3O4S/c1-5-28(4)38-36(42)34(23-29-13-7-6-8-14-29)39(24-30-15-11-12-27(3)22-30)35(41)25-40(33-17-10-9-16-32(33)37)45(43,44)31-20-18-26(2)19-21-31/h6-22,28,34H,5,23-25H2,1-4H3,(H,38,42). The summed E-state index contributed by atoms with van der Waals surface area (Å²) in [5.74, 6) is -1.79. The number of sulfonamides is 1. The van der Waals surface area contributed by atoms with Gasteiger partial charge in [0.05, 0.1) is 10.6 Å². The average Bonchev–Trinajstić information content (AvgIpc) is 3.02. The van der Waals surface area contributed by atoms with E-state index in [1.165, 1.54) is 35.2 Å². The van der Waals surface area contributed by atoms with Gasteiger partial charge in [0.2, 0.25) is 11.8 Å². The molecule has 4 aromatic carbocycles. The zero-order chi connectivity index (χ0) is 32.6. The molecule has 0 bridgehead atoms. The van der Waals surface area contributed by atoms with Crippen LogP contribution in [-0.2, 0) is 32.6 Å². The molecular weight excluding hydrogens is 589 g/mol. The molecule has 0 saturated carbocycles. The number of para-hydroxylation sites is 1. The second kappa shape index (κ2) is 15.0. The molecule has 2 amide bonds. The van der Waals surface area contributed by atoms with E-state index >= 15 is 4.39 Å². The minimum absolute atomic E-state index is 0.0433. The van der Waals surface area contributed by atoms with Gasteiger partial charge in [0.15, 0.2) is 0 Å². The van der Waals surface area contributed by atoms with E-state index < -0.39 is 34.3 Å². The normalized spacial score (nSPS) is 12.6. The summed E-state index contributed by atoms with van der Waals surface area (Å²) in [4.78, 5) is 29.7. The molecule has 45 heavy (non-hydrogen) atoms. The lowest BCUT2D eigenvalue weighted by molar-refractivity contribution is -0.140. The van der Waals surface area contributed by atoms with Crippen molar-refractivity contribution < 1.29 is 22.4 Å². The molecular formula is C36H40FN3O4S. The third-order valence-electron chi connectivity index (χ3n) is 7.72. The first-order chi connectivity index (χ1) is 21.5. The quantitative estimate of drug-likeness (QED) is 0.191. The van der Waals surface area contributed by atoms with Gasteiger partial charge in [-0.15, -0.1) is 0 Å². The molecule has 0 radical (unpaired) electrons. The predicted octanol–water partition coefficient (Wildman–Crippen LogP) is 6.19. The zero-order valence-electron chi connectivity index (χ0n) is 26.1. The summed E-state index contributed by atoms with van der Waals surface area (Å²) in [5.41, 5.74) is 3.17. The Kier molecular flexibility index (Phi) is 11.1. The topological polar surface area (TPSA) is 86.8 Å². The Morgan fingerprint density at radius 2 is 1.47 bits per heavy atom. The lowest BCUT2D eigenvalue weighted by Gasteiger charge is -2.34. The van der Waals surface area contributed by atoms with Gasteiger partial charge in [0, 0.05) is 19.0 Å². The van der Waals surface area contributed by atoms with Crippen molar-refractivity contribution in [3.8, 4) is 0 Å². The summed E-state index contributed by atoms with van der Waals surface area (Å²) in [7, 11) is -4.38. The lowest BCUT2D eigenvalue weighted by atomic mass is 10.0. The number of nitrogens with one attached hydrogen (secondary N) is 1. The predicted molar refractivity (Wildman–Crippen MR) is 176 cm³/mol. The first kappa shape index (κ1) is 33.4. The molecule has 0 aromatic heterocycles. The van der Waals surface area contributed by atoms with E-state index in [1.54, 1.807) is 12.1 Å². The van der Waals surface area contributed by atoms with Crippen LogP contribution in [0.2, 0.25) is 0 Å². The maximum Gasteiger partial charge on any atom is 0.264 e. The number of hydrogen-bond acceptors (Lipinski definition) is 4. The van der Waals surface area contributed by atoms with Crippen LogP contribution in [0.4, 0.5) is 10.1 Å².